The number of hydrogen-bond donors (Lipinski definition) is 1. The number of nitrogens with zero attached hydrogens (tertiary/aromatic N) is 8. The minimum absolute atomic E-state index is 0.0234. The minimum Gasteiger partial charge on any atom is -0.497 e. The van der Waals surface area contributed by atoms with Crippen molar-refractivity contribution in [1.29, 1.82) is 0 Å². The first-order valence-electron chi connectivity index (χ1n) is 17.1. The van der Waals surface area contributed by atoms with E-state index in [0.717, 1.165) is 11.3 Å². The van der Waals surface area contributed by atoms with Crippen molar-refractivity contribution in [3.8, 4) is 17.1 Å². The number of carbonyl (C=O) groups is 1. The van der Waals surface area contributed by atoms with Gasteiger partial charge in [-0.25, -0.2) is 18.9 Å². The molecule has 232 valence electrons. The van der Waals surface area contributed by atoms with Crippen LogP contribution in [0.4, 0.5) is 21.7 Å². The highest BCUT2D eigenvalue weighted by Gasteiger charge is 2.39. The highest BCUT2D eigenvalue weighted by molar-refractivity contribution is 6.01. The summed E-state index contributed by atoms with van der Waals surface area (Å²) in [5, 5.41) is 16.2. The molecule has 4 aromatic heterocycles. The molecule has 0 unspecified atom stereocenters. The normalized spacial score (nSPS) is 20.2. The first-order valence-corrected chi connectivity index (χ1v) is 14.6. The van der Waals surface area contributed by atoms with Crippen LogP contribution in [0.3, 0.4) is 0 Å². The van der Waals surface area contributed by atoms with Gasteiger partial charge in [0.25, 0.3) is 0 Å². The summed E-state index contributed by atoms with van der Waals surface area (Å²) in [5.41, 5.74) is 1.45. The van der Waals surface area contributed by atoms with E-state index in [1.54, 1.807) is 30.5 Å². The zero-order valence-corrected chi connectivity index (χ0v) is 24.7. The van der Waals surface area contributed by atoms with Crippen molar-refractivity contribution < 1.29 is 25.5 Å². The minimum atomic E-state index is -3.10. The van der Waals surface area contributed by atoms with Gasteiger partial charge >= 0.3 is 0 Å². The van der Waals surface area contributed by atoms with E-state index in [1.807, 2.05) is 11.8 Å². The Balaban J connectivity index is 1.37. The number of fused-ring (bicyclic) bond motifs is 2. The molecule has 13 heteroatoms. The molecule has 45 heavy (non-hydrogen) atoms. The molecule has 1 aliphatic heterocycles. The van der Waals surface area contributed by atoms with Crippen molar-refractivity contribution in [2.45, 2.75) is 26.7 Å². The molecule has 2 atom stereocenters. The zero-order valence-electron chi connectivity index (χ0n) is 29.7. The summed E-state index contributed by atoms with van der Waals surface area (Å²) in [6.07, 6.45) is 3.79. The lowest BCUT2D eigenvalue weighted by molar-refractivity contribution is -0.117. The Kier molecular flexibility index (Phi) is 6.20. The number of hydrogen-bond acceptors (Lipinski definition) is 10. The van der Waals surface area contributed by atoms with Gasteiger partial charge < -0.3 is 24.6 Å². The zero-order chi connectivity index (χ0) is 35.4. The smallest absolute Gasteiger partial charge is 0.228 e. The SMILES string of the molecule is [2H]C([2H])([2H])C([2H])([2H])N(Cc1ccc(OC)cc1)c1ncc(-c2nc3c(F)cc(N4CCOCC4)cn3n2)c2cc(NC(=O)[C@H]3C[C@H]3C)nnc12. The number of anilines is 3. The van der Waals surface area contributed by atoms with E-state index in [-0.39, 0.29) is 63.9 Å². The molecule has 0 radical (unpaired) electrons. The van der Waals surface area contributed by atoms with Gasteiger partial charge in [-0.1, -0.05) is 19.1 Å². The molecule has 7 rings (SSSR count). The van der Waals surface area contributed by atoms with Crippen LogP contribution >= 0.6 is 0 Å². The van der Waals surface area contributed by atoms with Crippen LogP contribution in [-0.4, -0.2) is 75.6 Å². The highest BCUT2D eigenvalue weighted by atomic mass is 19.1. The molecule has 0 bridgehead atoms. The van der Waals surface area contributed by atoms with Crippen LogP contribution in [0, 0.1) is 17.7 Å². The second-order valence-electron chi connectivity index (χ2n) is 11.2. The summed E-state index contributed by atoms with van der Waals surface area (Å²) in [6.45, 7) is -2.06. The maximum absolute atomic E-state index is 15.5. The average molecular weight is 617 g/mol. The largest absolute Gasteiger partial charge is 0.497 e. The quantitative estimate of drug-likeness (QED) is 0.256. The van der Waals surface area contributed by atoms with Gasteiger partial charge in [0, 0.05) is 62.1 Å². The van der Waals surface area contributed by atoms with Gasteiger partial charge in [0.2, 0.25) is 5.91 Å². The number of ether oxygens (including phenoxy) is 2. The molecule has 1 aliphatic carbocycles. The van der Waals surface area contributed by atoms with Crippen LogP contribution in [0.5, 0.6) is 5.75 Å². The number of amides is 1. The Morgan fingerprint density at radius 3 is 2.78 bits per heavy atom. The van der Waals surface area contributed by atoms with Gasteiger partial charge in [-0.05, 0) is 43.0 Å². The monoisotopic (exact) mass is 616 g/mol. The van der Waals surface area contributed by atoms with Crippen molar-refractivity contribution in [1.82, 2.24) is 29.8 Å². The van der Waals surface area contributed by atoms with Crippen LogP contribution in [0.15, 0.2) is 48.8 Å². The maximum Gasteiger partial charge on any atom is 0.228 e. The molecule has 5 heterocycles. The summed E-state index contributed by atoms with van der Waals surface area (Å²) >= 11 is 0. The van der Waals surface area contributed by atoms with E-state index in [9.17, 15) is 4.79 Å². The third kappa shape index (κ3) is 5.70. The van der Waals surface area contributed by atoms with Crippen LogP contribution < -0.4 is 19.9 Å². The fraction of sp³-hybridized carbons (Fsp3) is 0.375. The third-order valence-electron chi connectivity index (χ3n) is 8.19. The van der Waals surface area contributed by atoms with Crippen LogP contribution in [0.1, 0.15) is 32.6 Å². The van der Waals surface area contributed by atoms with E-state index in [2.05, 4.69) is 30.6 Å². The molecule has 1 N–H and O–H groups in total. The van der Waals surface area contributed by atoms with Gasteiger partial charge in [0.1, 0.15) is 11.3 Å². The lowest BCUT2D eigenvalue weighted by Crippen LogP contribution is -2.36. The van der Waals surface area contributed by atoms with E-state index >= 15 is 4.39 Å². The van der Waals surface area contributed by atoms with Gasteiger partial charge in [-0.3, -0.25) is 4.79 Å². The van der Waals surface area contributed by atoms with E-state index < -0.39 is 19.2 Å². The molecule has 1 saturated heterocycles. The number of morpholine rings is 1. The van der Waals surface area contributed by atoms with E-state index in [0.29, 0.717) is 43.3 Å². The topological polar surface area (TPSA) is 123 Å². The molecular formula is C32H34FN9O3. The van der Waals surface area contributed by atoms with E-state index in [4.69, 9.17) is 16.3 Å². The van der Waals surface area contributed by atoms with Gasteiger partial charge in [0.15, 0.2) is 28.9 Å². The summed E-state index contributed by atoms with van der Waals surface area (Å²) in [7, 11) is 1.52. The Hall–Kier alpha value is -4.91. The summed E-state index contributed by atoms with van der Waals surface area (Å²) in [6, 6.07) is 9.67. The number of methoxy groups -OCH3 is 1. The number of benzene rings is 1. The van der Waals surface area contributed by atoms with E-state index in [1.165, 1.54) is 30.0 Å². The fourth-order valence-electron chi connectivity index (χ4n) is 5.48. The molecule has 2 fully saturated rings. The Morgan fingerprint density at radius 2 is 2.04 bits per heavy atom. The lowest BCUT2D eigenvalue weighted by atomic mass is 10.1. The van der Waals surface area contributed by atoms with Crippen molar-refractivity contribution >= 4 is 39.8 Å². The van der Waals surface area contributed by atoms with Crippen molar-refractivity contribution in [3.63, 3.8) is 0 Å². The number of nitrogens with one attached hydrogen (secondary N) is 1. The molecule has 5 aromatic rings. The molecular weight excluding hydrogens is 577 g/mol. The predicted octanol–water partition coefficient (Wildman–Crippen LogP) is 4.34. The molecule has 1 aromatic carbocycles. The molecule has 2 aliphatic rings. The Bertz CT molecular complexity index is 2070. The van der Waals surface area contributed by atoms with Crippen LogP contribution in [0.2, 0.25) is 0 Å². The standard InChI is InChI=1S/C32H34FN9O3/c1-4-40(17-20-5-7-22(44-3)8-6-20)31-28-24(15-27(37-38-28)35-32(43)23-13-19(23)2)25(16-34-31)29-36-30-26(33)14-21(18-42(30)39-29)41-9-11-45-12-10-41/h5-8,14-16,18-19,23H,4,9-13,17H2,1-3H3,(H,35,37,43)/t19-,23+/m1/s1/i1D3,4D2. The van der Waals surface area contributed by atoms with Crippen molar-refractivity contribution in [3.05, 3.63) is 60.2 Å². The average Bonchev–Trinajstić information content (AvgIpc) is 3.68. The number of pyridine rings is 2. The van der Waals surface area contributed by atoms with Gasteiger partial charge in [-0.15, -0.1) is 15.3 Å². The summed E-state index contributed by atoms with van der Waals surface area (Å²) in [4.78, 5) is 24.9. The van der Waals surface area contributed by atoms with Gasteiger partial charge in [0.05, 0.1) is 32.2 Å². The molecule has 0 spiro atoms. The first-order chi connectivity index (χ1) is 23.8. The predicted molar refractivity (Wildman–Crippen MR) is 168 cm³/mol. The lowest BCUT2D eigenvalue weighted by Gasteiger charge is -2.28. The van der Waals surface area contributed by atoms with Crippen LogP contribution in [-0.2, 0) is 16.1 Å². The number of aromatic nitrogens is 6. The highest BCUT2D eigenvalue weighted by Crippen LogP contribution is 2.39. The maximum atomic E-state index is 15.5. The Labute approximate surface area is 266 Å². The number of rotatable bonds is 9. The molecule has 12 nitrogen and oxygen atoms in total. The number of carbonyl (C=O) groups excluding carboxylic acids is 1. The van der Waals surface area contributed by atoms with Crippen LogP contribution in [0.25, 0.3) is 27.9 Å². The molecule has 1 saturated carbocycles. The molecule has 1 amide bonds. The second-order valence-corrected chi connectivity index (χ2v) is 11.2. The first kappa shape index (κ1) is 23.5. The Morgan fingerprint density at radius 1 is 1.24 bits per heavy atom. The van der Waals surface area contributed by atoms with Gasteiger partial charge in [-0.2, -0.15) is 0 Å². The fourth-order valence-corrected chi connectivity index (χ4v) is 5.48. The second kappa shape index (κ2) is 11.9. The summed E-state index contributed by atoms with van der Waals surface area (Å²) in [5.74, 6) is -0.0836. The number of halogens is 1. The van der Waals surface area contributed by atoms with Crippen molar-refractivity contribution in [2.24, 2.45) is 11.8 Å². The summed E-state index contributed by atoms with van der Waals surface area (Å²) < 4.78 is 69.3. The van der Waals surface area contributed by atoms with Crippen molar-refractivity contribution in [2.75, 3.05) is 55.0 Å². The third-order valence-corrected chi connectivity index (χ3v) is 8.19.